The van der Waals surface area contributed by atoms with Crippen LogP contribution in [0.2, 0.25) is 0 Å². The number of nitrogens with one attached hydrogen (secondary N) is 1. The lowest BCUT2D eigenvalue weighted by atomic mass is 10.1. The van der Waals surface area contributed by atoms with Crippen LogP contribution in [0.5, 0.6) is 5.75 Å². The van der Waals surface area contributed by atoms with Crippen LogP contribution < -0.4 is 9.46 Å². The molecule has 0 aliphatic rings. The largest absolute Gasteiger partial charge is 0.497 e. The first kappa shape index (κ1) is 21.4. The number of anilines is 1. The normalized spacial score (nSPS) is 11.0. The molecule has 3 rings (SSSR count). The van der Waals surface area contributed by atoms with Gasteiger partial charge in [-0.3, -0.25) is 9.52 Å². The molecule has 0 spiro atoms. The van der Waals surface area contributed by atoms with Gasteiger partial charge in [0.25, 0.3) is 15.9 Å². The highest BCUT2D eigenvalue weighted by Gasteiger charge is 2.18. The van der Waals surface area contributed by atoms with Crippen molar-refractivity contribution >= 4 is 21.6 Å². The summed E-state index contributed by atoms with van der Waals surface area (Å²) in [6, 6.07) is 20.6. The third-order valence-electron chi connectivity index (χ3n) is 4.71. The summed E-state index contributed by atoms with van der Waals surface area (Å²) in [4.78, 5) is 14.6. The molecule has 0 radical (unpaired) electrons. The monoisotopic (exact) mass is 424 g/mol. The second-order valence-corrected chi connectivity index (χ2v) is 8.64. The second-order valence-electron chi connectivity index (χ2n) is 6.96. The lowest BCUT2D eigenvalue weighted by Gasteiger charge is -2.19. The average Bonchev–Trinajstić information content (AvgIpc) is 2.75. The summed E-state index contributed by atoms with van der Waals surface area (Å²) in [5.41, 5.74) is 2.47. The zero-order chi connectivity index (χ0) is 21.7. The van der Waals surface area contributed by atoms with Crippen molar-refractivity contribution in [3.8, 4) is 5.75 Å². The Bertz CT molecular complexity index is 1130. The van der Waals surface area contributed by atoms with E-state index in [1.165, 1.54) is 12.1 Å². The van der Waals surface area contributed by atoms with Gasteiger partial charge in [-0.1, -0.05) is 36.4 Å². The van der Waals surface area contributed by atoms with Gasteiger partial charge in [0, 0.05) is 19.2 Å². The molecule has 0 aliphatic heterocycles. The topological polar surface area (TPSA) is 75.7 Å². The second kappa shape index (κ2) is 9.00. The summed E-state index contributed by atoms with van der Waals surface area (Å²) in [6.07, 6.45) is 0. The molecule has 7 heteroatoms. The Labute approximate surface area is 177 Å². The van der Waals surface area contributed by atoms with Crippen LogP contribution in [0, 0.1) is 6.92 Å². The van der Waals surface area contributed by atoms with Gasteiger partial charge in [0.2, 0.25) is 0 Å². The van der Waals surface area contributed by atoms with E-state index in [2.05, 4.69) is 4.72 Å². The van der Waals surface area contributed by atoms with E-state index >= 15 is 0 Å². The maximum atomic E-state index is 12.9. The fraction of sp³-hybridized carbons (Fsp3) is 0.174. The highest BCUT2D eigenvalue weighted by Crippen LogP contribution is 2.22. The Morgan fingerprint density at radius 2 is 1.67 bits per heavy atom. The van der Waals surface area contributed by atoms with Crippen LogP contribution in [0.1, 0.15) is 21.5 Å². The summed E-state index contributed by atoms with van der Waals surface area (Å²) in [7, 11) is -0.429. The molecule has 0 saturated heterocycles. The lowest BCUT2D eigenvalue weighted by Crippen LogP contribution is -2.26. The van der Waals surface area contributed by atoms with Gasteiger partial charge in [-0.15, -0.1) is 0 Å². The molecule has 156 valence electrons. The Morgan fingerprint density at radius 3 is 2.30 bits per heavy atom. The van der Waals surface area contributed by atoms with Crippen molar-refractivity contribution in [3.05, 3.63) is 89.5 Å². The van der Waals surface area contributed by atoms with Crippen molar-refractivity contribution in [1.82, 2.24) is 4.90 Å². The van der Waals surface area contributed by atoms with Crippen LogP contribution in [0.15, 0.2) is 77.7 Å². The number of carbonyl (C=O) groups excluding carboxylic acids is 1. The van der Waals surface area contributed by atoms with E-state index in [4.69, 9.17) is 4.74 Å². The smallest absolute Gasteiger partial charge is 0.261 e. The Hall–Kier alpha value is -3.32. The van der Waals surface area contributed by atoms with E-state index in [1.54, 1.807) is 62.4 Å². The number of carbonyl (C=O) groups is 1. The minimum absolute atomic E-state index is 0.165. The van der Waals surface area contributed by atoms with Crippen LogP contribution in [0.3, 0.4) is 0 Å². The first-order valence-corrected chi connectivity index (χ1v) is 10.9. The molecule has 0 unspecified atom stereocenters. The molecule has 0 aromatic heterocycles. The number of rotatable bonds is 7. The van der Waals surface area contributed by atoms with E-state index in [-0.39, 0.29) is 10.8 Å². The number of benzene rings is 3. The zero-order valence-corrected chi connectivity index (χ0v) is 17.9. The molecule has 0 atom stereocenters. The SMILES string of the molecule is COc1ccc(CN(C)C(=O)c2ccc(C)c(NS(=O)(=O)c3ccccc3)c2)cc1. The minimum atomic E-state index is -3.74. The molecule has 30 heavy (non-hydrogen) atoms. The Morgan fingerprint density at radius 1 is 1.00 bits per heavy atom. The maximum absolute atomic E-state index is 12.9. The van der Waals surface area contributed by atoms with Gasteiger partial charge in [-0.2, -0.15) is 0 Å². The summed E-state index contributed by atoms with van der Waals surface area (Å²) >= 11 is 0. The summed E-state index contributed by atoms with van der Waals surface area (Å²) in [6.45, 7) is 2.21. The van der Waals surface area contributed by atoms with E-state index in [9.17, 15) is 13.2 Å². The highest BCUT2D eigenvalue weighted by atomic mass is 32.2. The molecule has 1 N–H and O–H groups in total. The molecular formula is C23H24N2O4S. The quantitative estimate of drug-likeness (QED) is 0.620. The number of sulfonamides is 1. The van der Waals surface area contributed by atoms with Crippen LogP contribution >= 0.6 is 0 Å². The van der Waals surface area contributed by atoms with E-state index in [1.807, 2.05) is 24.3 Å². The van der Waals surface area contributed by atoms with Crippen LogP contribution in [0.4, 0.5) is 5.69 Å². The van der Waals surface area contributed by atoms with Crippen molar-refractivity contribution in [2.24, 2.45) is 0 Å². The van der Waals surface area contributed by atoms with Crippen molar-refractivity contribution < 1.29 is 17.9 Å². The number of amides is 1. The first-order chi connectivity index (χ1) is 14.3. The summed E-state index contributed by atoms with van der Waals surface area (Å²) < 4.78 is 33.0. The lowest BCUT2D eigenvalue weighted by molar-refractivity contribution is 0.0785. The fourth-order valence-corrected chi connectivity index (χ4v) is 4.11. The van der Waals surface area contributed by atoms with Gasteiger partial charge in [-0.25, -0.2) is 8.42 Å². The molecule has 0 aliphatic carbocycles. The predicted octanol–water partition coefficient (Wildman–Crippen LogP) is 4.08. The molecule has 0 saturated carbocycles. The van der Waals surface area contributed by atoms with Crippen LogP contribution in [-0.4, -0.2) is 33.4 Å². The van der Waals surface area contributed by atoms with Gasteiger partial charge < -0.3 is 9.64 Å². The highest BCUT2D eigenvalue weighted by molar-refractivity contribution is 7.92. The molecular weight excluding hydrogens is 400 g/mol. The van der Waals surface area contributed by atoms with Crippen molar-refractivity contribution in [3.63, 3.8) is 0 Å². The van der Waals surface area contributed by atoms with Crippen LogP contribution in [0.25, 0.3) is 0 Å². The number of aryl methyl sites for hydroxylation is 1. The molecule has 0 fully saturated rings. The molecule has 1 amide bonds. The van der Waals surface area contributed by atoms with Gasteiger partial charge in [0.15, 0.2) is 0 Å². The van der Waals surface area contributed by atoms with Crippen molar-refractivity contribution in [2.45, 2.75) is 18.4 Å². The number of methoxy groups -OCH3 is 1. The van der Waals surface area contributed by atoms with E-state index in [0.29, 0.717) is 17.8 Å². The first-order valence-electron chi connectivity index (χ1n) is 9.37. The molecule has 3 aromatic carbocycles. The molecule has 0 bridgehead atoms. The summed E-state index contributed by atoms with van der Waals surface area (Å²) in [5.74, 6) is 0.549. The fourth-order valence-electron chi connectivity index (χ4n) is 2.97. The Kier molecular flexibility index (Phi) is 6.42. The summed E-state index contributed by atoms with van der Waals surface area (Å²) in [5, 5.41) is 0. The van der Waals surface area contributed by atoms with E-state index < -0.39 is 10.0 Å². The van der Waals surface area contributed by atoms with Crippen LogP contribution in [-0.2, 0) is 16.6 Å². The molecule has 6 nitrogen and oxygen atoms in total. The number of nitrogens with zero attached hydrogens (tertiary/aromatic N) is 1. The molecule has 0 heterocycles. The average molecular weight is 425 g/mol. The number of ether oxygens (including phenoxy) is 1. The number of hydrogen-bond acceptors (Lipinski definition) is 4. The van der Waals surface area contributed by atoms with E-state index in [0.717, 1.165) is 16.9 Å². The maximum Gasteiger partial charge on any atom is 0.261 e. The third kappa shape index (κ3) is 4.99. The minimum Gasteiger partial charge on any atom is -0.497 e. The standard InChI is InChI=1S/C23H24N2O4S/c1-17-9-12-19(15-22(17)24-30(27,28)21-7-5-4-6-8-21)23(26)25(2)16-18-10-13-20(29-3)14-11-18/h4-15,24H,16H2,1-3H3. The molecule has 3 aromatic rings. The van der Waals surface area contributed by atoms with Gasteiger partial charge in [0.1, 0.15) is 5.75 Å². The zero-order valence-electron chi connectivity index (χ0n) is 17.1. The Balaban J connectivity index is 1.78. The van der Waals surface area contributed by atoms with Gasteiger partial charge in [-0.05, 0) is 54.4 Å². The van der Waals surface area contributed by atoms with Crippen molar-refractivity contribution in [2.75, 3.05) is 18.9 Å². The third-order valence-corrected chi connectivity index (χ3v) is 6.09. The van der Waals surface area contributed by atoms with Gasteiger partial charge in [0.05, 0.1) is 17.7 Å². The number of hydrogen-bond donors (Lipinski definition) is 1. The van der Waals surface area contributed by atoms with Crippen molar-refractivity contribution in [1.29, 1.82) is 0 Å². The predicted molar refractivity (Wildman–Crippen MR) is 117 cm³/mol. The van der Waals surface area contributed by atoms with Gasteiger partial charge >= 0.3 is 0 Å².